The smallest absolute Gasteiger partial charge is 0.125 e. The minimum Gasteiger partial charge on any atom is -0.378 e. The van der Waals surface area contributed by atoms with Crippen molar-refractivity contribution in [2.24, 2.45) is 0 Å². The van der Waals surface area contributed by atoms with Gasteiger partial charge in [0.15, 0.2) is 0 Å². The molecule has 1 atom stereocenters. The van der Waals surface area contributed by atoms with E-state index in [4.69, 9.17) is 0 Å². The monoisotopic (exact) mass is 257 g/mol. The van der Waals surface area contributed by atoms with Crippen LogP contribution < -0.4 is 5.32 Å². The predicted molar refractivity (Wildman–Crippen MR) is 79.1 cm³/mol. The normalized spacial score (nSPS) is 12.3. The quantitative estimate of drug-likeness (QED) is 0.822. The maximum absolute atomic E-state index is 13.3. The van der Waals surface area contributed by atoms with Crippen molar-refractivity contribution < 1.29 is 4.39 Å². The summed E-state index contributed by atoms with van der Waals surface area (Å²) in [5.74, 6) is -0.208. The average Bonchev–Trinajstić information content (AvgIpc) is 2.32. The molecule has 2 aromatic carbocycles. The number of benzene rings is 2. The summed E-state index contributed by atoms with van der Waals surface area (Å²) in [6, 6.07) is 11.5. The average molecular weight is 257 g/mol. The van der Waals surface area contributed by atoms with Crippen LogP contribution in [0.3, 0.4) is 0 Å². The molecule has 0 aliphatic carbocycles. The van der Waals surface area contributed by atoms with Crippen LogP contribution in [0.4, 0.5) is 10.1 Å². The molecule has 100 valence electrons. The Morgan fingerprint density at radius 3 is 2.21 bits per heavy atom. The van der Waals surface area contributed by atoms with Crippen molar-refractivity contribution in [3.05, 3.63) is 64.5 Å². The van der Waals surface area contributed by atoms with Gasteiger partial charge in [0.25, 0.3) is 0 Å². The maximum atomic E-state index is 13.3. The molecule has 1 unspecified atom stereocenters. The molecule has 1 nitrogen and oxygen atoms in total. The number of hydrogen-bond donors (Lipinski definition) is 1. The Morgan fingerprint density at radius 1 is 0.947 bits per heavy atom. The summed E-state index contributed by atoms with van der Waals surface area (Å²) in [5, 5.41) is 3.38. The Labute approximate surface area is 114 Å². The third-order valence-corrected chi connectivity index (χ3v) is 3.32. The van der Waals surface area contributed by atoms with Crippen LogP contribution in [0.5, 0.6) is 0 Å². The van der Waals surface area contributed by atoms with Crippen LogP contribution in [-0.2, 0) is 0 Å². The van der Waals surface area contributed by atoms with Crippen LogP contribution in [0, 0.1) is 26.6 Å². The first-order valence-corrected chi connectivity index (χ1v) is 6.56. The fourth-order valence-corrected chi connectivity index (χ4v) is 2.33. The molecule has 2 heteroatoms. The molecule has 0 aliphatic heterocycles. The standard InChI is InChI=1S/C17H20FN/c1-11-7-12(2)9-15(8-11)14(4)19-17-10-16(18)6-5-13(17)3/h5-10,14,19H,1-4H3. The fourth-order valence-electron chi connectivity index (χ4n) is 2.33. The second kappa shape index (κ2) is 5.43. The highest BCUT2D eigenvalue weighted by Gasteiger charge is 2.08. The molecular weight excluding hydrogens is 237 g/mol. The van der Waals surface area contributed by atoms with Gasteiger partial charge in [-0.25, -0.2) is 4.39 Å². The highest BCUT2D eigenvalue weighted by Crippen LogP contribution is 2.24. The highest BCUT2D eigenvalue weighted by molar-refractivity contribution is 5.52. The van der Waals surface area contributed by atoms with E-state index in [1.807, 2.05) is 6.92 Å². The van der Waals surface area contributed by atoms with E-state index in [2.05, 4.69) is 44.3 Å². The van der Waals surface area contributed by atoms with E-state index in [9.17, 15) is 4.39 Å². The van der Waals surface area contributed by atoms with Gasteiger partial charge in [-0.15, -0.1) is 0 Å². The third-order valence-electron chi connectivity index (χ3n) is 3.32. The Hall–Kier alpha value is -1.83. The lowest BCUT2D eigenvalue weighted by atomic mass is 10.0. The fraction of sp³-hybridized carbons (Fsp3) is 0.294. The van der Waals surface area contributed by atoms with Crippen LogP contribution in [0.1, 0.15) is 35.2 Å². The zero-order valence-electron chi connectivity index (χ0n) is 11.9. The SMILES string of the molecule is Cc1cc(C)cc(C(C)Nc2cc(F)ccc2C)c1. The molecule has 0 radical (unpaired) electrons. The summed E-state index contributed by atoms with van der Waals surface area (Å²) in [5.41, 5.74) is 5.63. The molecule has 0 fully saturated rings. The minimum atomic E-state index is -0.208. The summed E-state index contributed by atoms with van der Waals surface area (Å²) in [7, 11) is 0. The molecular formula is C17H20FN. The number of aryl methyl sites for hydroxylation is 3. The van der Waals surface area contributed by atoms with E-state index in [1.165, 1.54) is 22.8 Å². The molecule has 0 saturated carbocycles. The van der Waals surface area contributed by atoms with Crippen molar-refractivity contribution in [1.29, 1.82) is 0 Å². The second-order valence-electron chi connectivity index (χ2n) is 5.25. The summed E-state index contributed by atoms with van der Waals surface area (Å²) < 4.78 is 13.3. The lowest BCUT2D eigenvalue weighted by Crippen LogP contribution is -2.08. The van der Waals surface area contributed by atoms with Gasteiger partial charge in [0.1, 0.15) is 5.82 Å². The van der Waals surface area contributed by atoms with E-state index >= 15 is 0 Å². The van der Waals surface area contributed by atoms with Gasteiger partial charge in [-0.2, -0.15) is 0 Å². The van der Waals surface area contributed by atoms with Gasteiger partial charge in [0.2, 0.25) is 0 Å². The van der Waals surface area contributed by atoms with E-state index in [-0.39, 0.29) is 11.9 Å². The highest BCUT2D eigenvalue weighted by atomic mass is 19.1. The van der Waals surface area contributed by atoms with Crippen LogP contribution in [-0.4, -0.2) is 0 Å². The Morgan fingerprint density at radius 2 is 1.58 bits per heavy atom. The maximum Gasteiger partial charge on any atom is 0.125 e. The third kappa shape index (κ3) is 3.34. The molecule has 0 heterocycles. The van der Waals surface area contributed by atoms with Crippen molar-refractivity contribution in [2.45, 2.75) is 33.7 Å². The van der Waals surface area contributed by atoms with E-state index in [0.29, 0.717) is 0 Å². The topological polar surface area (TPSA) is 12.0 Å². The van der Waals surface area contributed by atoms with Crippen LogP contribution >= 0.6 is 0 Å². The predicted octanol–water partition coefficient (Wildman–Crippen LogP) is 4.92. The van der Waals surface area contributed by atoms with Crippen LogP contribution in [0.15, 0.2) is 36.4 Å². The Balaban J connectivity index is 2.25. The van der Waals surface area contributed by atoms with Gasteiger partial charge >= 0.3 is 0 Å². The van der Waals surface area contributed by atoms with E-state index in [0.717, 1.165) is 11.3 Å². The van der Waals surface area contributed by atoms with Gasteiger partial charge in [0.05, 0.1) is 0 Å². The number of hydrogen-bond acceptors (Lipinski definition) is 1. The molecule has 0 bridgehead atoms. The lowest BCUT2D eigenvalue weighted by Gasteiger charge is -2.18. The van der Waals surface area contributed by atoms with Gasteiger partial charge < -0.3 is 5.32 Å². The van der Waals surface area contributed by atoms with Crippen LogP contribution in [0.25, 0.3) is 0 Å². The molecule has 0 saturated heterocycles. The van der Waals surface area contributed by atoms with Gasteiger partial charge in [-0.3, -0.25) is 0 Å². The minimum absolute atomic E-state index is 0.152. The molecule has 19 heavy (non-hydrogen) atoms. The van der Waals surface area contributed by atoms with Crippen molar-refractivity contribution in [3.8, 4) is 0 Å². The molecule has 0 amide bonds. The number of rotatable bonds is 3. The Bertz CT molecular complexity index is 570. The zero-order chi connectivity index (χ0) is 14.0. The van der Waals surface area contributed by atoms with Gasteiger partial charge in [0, 0.05) is 11.7 Å². The molecule has 1 N–H and O–H groups in total. The molecule has 2 rings (SSSR count). The zero-order valence-corrected chi connectivity index (χ0v) is 11.9. The molecule has 2 aromatic rings. The van der Waals surface area contributed by atoms with E-state index in [1.54, 1.807) is 12.1 Å². The van der Waals surface area contributed by atoms with Crippen molar-refractivity contribution in [2.75, 3.05) is 5.32 Å². The largest absolute Gasteiger partial charge is 0.378 e. The van der Waals surface area contributed by atoms with E-state index < -0.39 is 0 Å². The summed E-state index contributed by atoms with van der Waals surface area (Å²) in [6.07, 6.45) is 0. The van der Waals surface area contributed by atoms with Crippen molar-refractivity contribution in [3.63, 3.8) is 0 Å². The van der Waals surface area contributed by atoms with Gasteiger partial charge in [-0.05, 0) is 51.0 Å². The van der Waals surface area contributed by atoms with Crippen molar-refractivity contribution in [1.82, 2.24) is 0 Å². The molecule has 0 spiro atoms. The lowest BCUT2D eigenvalue weighted by molar-refractivity contribution is 0.627. The number of anilines is 1. The number of nitrogens with one attached hydrogen (secondary N) is 1. The van der Waals surface area contributed by atoms with Gasteiger partial charge in [-0.1, -0.05) is 35.4 Å². The van der Waals surface area contributed by atoms with Crippen molar-refractivity contribution >= 4 is 5.69 Å². The second-order valence-corrected chi connectivity index (χ2v) is 5.25. The first-order valence-electron chi connectivity index (χ1n) is 6.56. The number of halogens is 1. The molecule has 0 aromatic heterocycles. The Kier molecular flexibility index (Phi) is 3.89. The first-order chi connectivity index (χ1) is 8.95. The summed E-state index contributed by atoms with van der Waals surface area (Å²) >= 11 is 0. The van der Waals surface area contributed by atoms with Crippen LogP contribution in [0.2, 0.25) is 0 Å². The summed E-state index contributed by atoms with van der Waals surface area (Å²) in [6.45, 7) is 8.27. The molecule has 0 aliphatic rings. The summed E-state index contributed by atoms with van der Waals surface area (Å²) in [4.78, 5) is 0. The first kappa shape index (κ1) is 13.6.